The molecule has 0 saturated heterocycles. The summed E-state index contributed by atoms with van der Waals surface area (Å²) in [5.74, 6) is 3.35. The minimum absolute atomic E-state index is 0.526. The van der Waals surface area contributed by atoms with Crippen LogP contribution in [0.5, 0.6) is 0 Å². The van der Waals surface area contributed by atoms with Crippen molar-refractivity contribution in [2.24, 2.45) is 0 Å². The number of hydrogen-bond donors (Lipinski definition) is 0. The summed E-state index contributed by atoms with van der Waals surface area (Å²) in [4.78, 5) is 30.0. The number of rotatable bonds is 6. The molecule has 8 heteroatoms. The maximum absolute atomic E-state index is 6.73. The van der Waals surface area contributed by atoms with Crippen molar-refractivity contribution >= 4 is 43.9 Å². The summed E-state index contributed by atoms with van der Waals surface area (Å²) in [6.45, 7) is 0. The van der Waals surface area contributed by atoms with Gasteiger partial charge < -0.3 is 8.83 Å². The third kappa shape index (κ3) is 5.39. The van der Waals surface area contributed by atoms with Crippen LogP contribution in [0.15, 0.2) is 179 Å². The lowest BCUT2D eigenvalue weighted by atomic mass is 10.0. The Labute approximate surface area is 319 Å². The van der Waals surface area contributed by atoms with E-state index in [-0.39, 0.29) is 0 Å². The van der Waals surface area contributed by atoms with E-state index in [0.717, 1.165) is 66.1 Å². The molecule has 4 heterocycles. The van der Waals surface area contributed by atoms with Gasteiger partial charge in [0.05, 0.1) is 5.56 Å². The van der Waals surface area contributed by atoms with Crippen LogP contribution in [0.3, 0.4) is 0 Å². The Balaban J connectivity index is 1.08. The molecule has 262 valence electrons. The highest BCUT2D eigenvalue weighted by atomic mass is 16.3. The van der Waals surface area contributed by atoms with Gasteiger partial charge in [0, 0.05) is 49.4 Å². The fourth-order valence-corrected chi connectivity index (χ4v) is 7.35. The van der Waals surface area contributed by atoms with E-state index in [4.69, 9.17) is 38.7 Å². The van der Waals surface area contributed by atoms with Gasteiger partial charge >= 0.3 is 0 Å². The maximum atomic E-state index is 6.73. The number of aromatic nitrogens is 6. The van der Waals surface area contributed by atoms with Crippen molar-refractivity contribution in [1.29, 1.82) is 0 Å². The Morgan fingerprint density at radius 3 is 1.41 bits per heavy atom. The second-order valence-electron chi connectivity index (χ2n) is 13.5. The van der Waals surface area contributed by atoms with Crippen LogP contribution in [0.1, 0.15) is 0 Å². The topological polar surface area (TPSA) is 104 Å². The molecule has 0 radical (unpaired) electrons. The van der Waals surface area contributed by atoms with Crippen molar-refractivity contribution in [3.05, 3.63) is 170 Å². The van der Waals surface area contributed by atoms with E-state index in [1.165, 1.54) is 0 Å². The molecule has 0 spiro atoms. The van der Waals surface area contributed by atoms with Crippen LogP contribution in [-0.4, -0.2) is 29.9 Å². The Kier molecular flexibility index (Phi) is 7.31. The molecule has 0 bridgehead atoms. The zero-order chi connectivity index (χ0) is 37.0. The predicted molar refractivity (Wildman–Crippen MR) is 220 cm³/mol. The molecule has 0 fully saturated rings. The summed E-state index contributed by atoms with van der Waals surface area (Å²) in [5.41, 5.74) is 8.08. The average Bonchev–Trinajstić information content (AvgIpc) is 3.85. The summed E-state index contributed by atoms with van der Waals surface area (Å²) in [5, 5.41) is 3.87. The van der Waals surface area contributed by atoms with E-state index in [1.54, 1.807) is 0 Å². The second kappa shape index (κ2) is 12.9. The van der Waals surface area contributed by atoms with E-state index in [9.17, 15) is 0 Å². The fraction of sp³-hybridized carbons (Fsp3) is 0. The van der Waals surface area contributed by atoms with Gasteiger partial charge in [-0.2, -0.15) is 0 Å². The average molecular weight is 721 g/mol. The van der Waals surface area contributed by atoms with Crippen LogP contribution in [-0.2, 0) is 0 Å². The molecular formula is C48H28N6O2. The van der Waals surface area contributed by atoms with Crippen LogP contribution >= 0.6 is 0 Å². The van der Waals surface area contributed by atoms with Crippen LogP contribution < -0.4 is 0 Å². The van der Waals surface area contributed by atoms with Crippen LogP contribution in [0.25, 0.3) is 112 Å². The number of nitrogens with zero attached hydrogens (tertiary/aromatic N) is 6. The molecule has 0 saturated carbocycles. The van der Waals surface area contributed by atoms with Crippen LogP contribution in [0.2, 0.25) is 0 Å². The third-order valence-electron chi connectivity index (χ3n) is 10.0. The summed E-state index contributed by atoms with van der Waals surface area (Å²) in [6.07, 6.45) is 0. The minimum Gasteiger partial charge on any atom is -0.456 e. The first kappa shape index (κ1) is 31.7. The lowest BCUT2D eigenvalue weighted by Gasteiger charge is -2.09. The molecule has 0 aliphatic heterocycles. The first-order valence-corrected chi connectivity index (χ1v) is 18.3. The second-order valence-corrected chi connectivity index (χ2v) is 13.5. The molecule has 11 rings (SSSR count). The molecule has 4 aromatic heterocycles. The molecule has 0 aliphatic rings. The quantitative estimate of drug-likeness (QED) is 0.167. The van der Waals surface area contributed by atoms with Gasteiger partial charge in [-0.1, -0.05) is 140 Å². The highest BCUT2D eigenvalue weighted by Gasteiger charge is 2.21. The van der Waals surface area contributed by atoms with Crippen molar-refractivity contribution in [1.82, 2.24) is 29.9 Å². The molecule has 0 atom stereocenters. The van der Waals surface area contributed by atoms with Crippen molar-refractivity contribution in [3.8, 4) is 68.3 Å². The normalized spacial score (nSPS) is 11.6. The van der Waals surface area contributed by atoms with Crippen molar-refractivity contribution in [3.63, 3.8) is 0 Å². The molecule has 7 aromatic carbocycles. The Bertz CT molecular complexity index is 3190. The van der Waals surface area contributed by atoms with Gasteiger partial charge in [-0.3, -0.25) is 0 Å². The Hall–Kier alpha value is -7.84. The van der Waals surface area contributed by atoms with Gasteiger partial charge in [0.25, 0.3) is 0 Å². The Morgan fingerprint density at radius 1 is 0.286 bits per heavy atom. The van der Waals surface area contributed by atoms with E-state index in [1.807, 2.05) is 152 Å². The molecular weight excluding hydrogens is 693 g/mol. The van der Waals surface area contributed by atoms with Crippen molar-refractivity contribution in [2.75, 3.05) is 0 Å². The standard InChI is InChI=1S/C48H28N6O2/c1-4-14-29(15-5-1)43-49-44(30-16-6-2-7-17-30)53-48(52-43)37-23-12-21-34-33-27-26-32(28-40(33)56-42(34)37)46-50-45(31-18-8-3-9-19-31)51-47(54-46)36-22-13-25-39-41(36)35-20-10-11-24-38(35)55-39/h1-28H. The molecule has 11 aromatic rings. The number of benzene rings is 7. The number of fused-ring (bicyclic) bond motifs is 6. The van der Waals surface area contributed by atoms with Gasteiger partial charge in [0.15, 0.2) is 34.9 Å². The summed E-state index contributed by atoms with van der Waals surface area (Å²) in [6, 6.07) is 56.1. The summed E-state index contributed by atoms with van der Waals surface area (Å²) >= 11 is 0. The largest absolute Gasteiger partial charge is 0.456 e. The van der Waals surface area contributed by atoms with E-state index in [2.05, 4.69) is 18.2 Å². The third-order valence-corrected chi connectivity index (χ3v) is 10.0. The van der Waals surface area contributed by atoms with Crippen molar-refractivity contribution < 1.29 is 8.83 Å². The summed E-state index contributed by atoms with van der Waals surface area (Å²) < 4.78 is 13.0. The molecule has 0 amide bonds. The molecule has 0 N–H and O–H groups in total. The van der Waals surface area contributed by atoms with E-state index in [0.29, 0.717) is 46.1 Å². The summed E-state index contributed by atoms with van der Waals surface area (Å²) in [7, 11) is 0. The van der Waals surface area contributed by atoms with Gasteiger partial charge in [-0.25, -0.2) is 29.9 Å². The van der Waals surface area contributed by atoms with Gasteiger partial charge in [-0.15, -0.1) is 0 Å². The zero-order valence-electron chi connectivity index (χ0n) is 29.7. The lowest BCUT2D eigenvalue weighted by molar-refractivity contribution is 0.669. The minimum atomic E-state index is 0.526. The highest BCUT2D eigenvalue weighted by Crippen LogP contribution is 2.39. The maximum Gasteiger partial charge on any atom is 0.167 e. The highest BCUT2D eigenvalue weighted by molar-refractivity contribution is 6.12. The molecule has 0 aliphatic carbocycles. The number of furan rings is 2. The van der Waals surface area contributed by atoms with Gasteiger partial charge in [0.2, 0.25) is 0 Å². The van der Waals surface area contributed by atoms with Crippen LogP contribution in [0, 0.1) is 0 Å². The molecule has 0 unspecified atom stereocenters. The van der Waals surface area contributed by atoms with Crippen molar-refractivity contribution in [2.45, 2.75) is 0 Å². The monoisotopic (exact) mass is 720 g/mol. The van der Waals surface area contributed by atoms with E-state index >= 15 is 0 Å². The smallest absolute Gasteiger partial charge is 0.167 e. The van der Waals surface area contributed by atoms with Gasteiger partial charge in [-0.05, 0) is 30.3 Å². The first-order chi connectivity index (χ1) is 27.7. The lowest BCUT2D eigenvalue weighted by Crippen LogP contribution is -2.00. The first-order valence-electron chi connectivity index (χ1n) is 18.3. The molecule has 56 heavy (non-hydrogen) atoms. The number of hydrogen-bond acceptors (Lipinski definition) is 8. The zero-order valence-corrected chi connectivity index (χ0v) is 29.7. The fourth-order valence-electron chi connectivity index (χ4n) is 7.35. The molecule has 8 nitrogen and oxygen atoms in total. The van der Waals surface area contributed by atoms with Crippen LogP contribution in [0.4, 0.5) is 0 Å². The Morgan fingerprint density at radius 2 is 0.768 bits per heavy atom. The van der Waals surface area contributed by atoms with Gasteiger partial charge in [0.1, 0.15) is 22.3 Å². The van der Waals surface area contributed by atoms with E-state index < -0.39 is 0 Å². The predicted octanol–water partition coefficient (Wildman–Crippen LogP) is 11.9. The SMILES string of the molecule is c1ccc(-c2nc(-c3ccccc3)nc(-c3cccc4c3oc3cc(-c5nc(-c6ccccc6)nc(-c6cccc7oc8ccccc8c67)n5)ccc34)n2)cc1. The number of para-hydroxylation sites is 2.